The maximum absolute atomic E-state index is 13.3. The summed E-state index contributed by atoms with van der Waals surface area (Å²) in [7, 11) is 0. The molecule has 4 aromatic rings. The Morgan fingerprint density at radius 3 is 2.31 bits per heavy atom. The predicted octanol–water partition coefficient (Wildman–Crippen LogP) is 6.34. The van der Waals surface area contributed by atoms with E-state index in [1.54, 1.807) is 24.3 Å². The van der Waals surface area contributed by atoms with Crippen molar-refractivity contribution in [1.29, 1.82) is 0 Å². The highest BCUT2D eigenvalue weighted by Gasteiger charge is 2.37. The summed E-state index contributed by atoms with van der Waals surface area (Å²) in [6.45, 7) is 7.50. The Morgan fingerprint density at radius 1 is 0.923 bits per heavy atom. The van der Waals surface area contributed by atoms with Crippen LogP contribution in [0.3, 0.4) is 0 Å². The van der Waals surface area contributed by atoms with Crippen molar-refractivity contribution in [2.24, 2.45) is 0 Å². The number of halogens is 1. The number of urea groups is 1. The van der Waals surface area contributed by atoms with Crippen LogP contribution in [0.25, 0.3) is 17.0 Å². The lowest BCUT2D eigenvalue weighted by Gasteiger charge is -2.26. The van der Waals surface area contributed by atoms with E-state index in [1.165, 1.54) is 11.6 Å². The Hall–Kier alpha value is -4.36. The van der Waals surface area contributed by atoms with E-state index in [0.29, 0.717) is 29.4 Å². The monoisotopic (exact) mass is 541 g/mol. The Bertz CT molecular complexity index is 1600. The van der Waals surface area contributed by atoms with Gasteiger partial charge in [0, 0.05) is 27.7 Å². The number of anilines is 1. The van der Waals surface area contributed by atoms with Crippen molar-refractivity contribution in [3.05, 3.63) is 101 Å². The van der Waals surface area contributed by atoms with Gasteiger partial charge in [0.1, 0.15) is 17.9 Å². The number of benzene rings is 3. The van der Waals surface area contributed by atoms with Crippen LogP contribution in [0.4, 0.5) is 10.5 Å². The molecule has 8 heteroatoms. The molecule has 39 heavy (non-hydrogen) atoms. The molecular weight excluding hydrogens is 514 g/mol. The van der Waals surface area contributed by atoms with Gasteiger partial charge in [0.05, 0.1) is 12.2 Å². The normalized spacial score (nSPS) is 15.2. The van der Waals surface area contributed by atoms with E-state index in [-0.39, 0.29) is 11.0 Å². The van der Waals surface area contributed by atoms with Crippen LogP contribution in [0.2, 0.25) is 5.02 Å². The summed E-state index contributed by atoms with van der Waals surface area (Å²) in [6, 6.07) is 21.3. The number of hydrogen-bond acceptors (Lipinski definition) is 4. The first-order valence-electron chi connectivity index (χ1n) is 12.6. The molecule has 1 aliphatic rings. The molecule has 1 saturated heterocycles. The van der Waals surface area contributed by atoms with Crippen LogP contribution in [0, 0.1) is 0 Å². The van der Waals surface area contributed by atoms with Crippen LogP contribution in [0.1, 0.15) is 31.9 Å². The van der Waals surface area contributed by atoms with Gasteiger partial charge in [-0.15, -0.1) is 0 Å². The first-order chi connectivity index (χ1) is 18.6. The van der Waals surface area contributed by atoms with Crippen LogP contribution in [0.15, 0.2) is 84.6 Å². The Balaban J connectivity index is 1.39. The summed E-state index contributed by atoms with van der Waals surface area (Å²) in [5, 5.41) is 3.60. The zero-order chi connectivity index (χ0) is 27.7. The third kappa shape index (κ3) is 5.45. The highest BCUT2D eigenvalue weighted by molar-refractivity contribution is 6.39. The van der Waals surface area contributed by atoms with Gasteiger partial charge >= 0.3 is 6.03 Å². The first-order valence-corrected chi connectivity index (χ1v) is 13.0. The number of nitrogens with one attached hydrogen (secondary N) is 1. The van der Waals surface area contributed by atoms with Crippen molar-refractivity contribution < 1.29 is 19.1 Å². The molecule has 4 amide bonds. The zero-order valence-corrected chi connectivity index (χ0v) is 22.7. The van der Waals surface area contributed by atoms with Gasteiger partial charge in [0.15, 0.2) is 0 Å². The molecule has 1 aliphatic heterocycles. The van der Waals surface area contributed by atoms with Crippen molar-refractivity contribution in [2.75, 3.05) is 11.5 Å². The minimum Gasteiger partial charge on any atom is -0.492 e. The maximum atomic E-state index is 13.3. The van der Waals surface area contributed by atoms with Gasteiger partial charge in [0.25, 0.3) is 11.8 Å². The van der Waals surface area contributed by atoms with Crippen LogP contribution in [0.5, 0.6) is 5.75 Å². The number of fused-ring (bicyclic) bond motifs is 1. The lowest BCUT2D eigenvalue weighted by molar-refractivity contribution is -0.122. The van der Waals surface area contributed by atoms with Gasteiger partial charge in [-0.25, -0.2) is 9.69 Å². The topological polar surface area (TPSA) is 80.6 Å². The molecule has 1 N–H and O–H groups in total. The minimum atomic E-state index is -0.806. The number of nitrogens with zero attached hydrogens (tertiary/aromatic N) is 2. The molecular formula is C31H28ClN3O4. The van der Waals surface area contributed by atoms with Gasteiger partial charge in [-0.3, -0.25) is 14.9 Å². The van der Waals surface area contributed by atoms with E-state index in [0.717, 1.165) is 21.6 Å². The molecule has 0 atom stereocenters. The SMILES string of the molecule is CC(C)(C)c1ccc(OCCn2cc(/C=C3/C(=O)NC(=O)N(c4ccc(Cl)cc4)C3=O)c3ccccc32)cc1. The van der Waals surface area contributed by atoms with E-state index in [2.05, 4.69) is 38.2 Å². The quantitative estimate of drug-likeness (QED) is 0.228. The van der Waals surface area contributed by atoms with Crippen molar-refractivity contribution in [1.82, 2.24) is 9.88 Å². The average Bonchev–Trinajstić information content (AvgIpc) is 3.25. The molecule has 5 rings (SSSR count). The molecule has 7 nitrogen and oxygen atoms in total. The fourth-order valence-corrected chi connectivity index (χ4v) is 4.65. The summed E-state index contributed by atoms with van der Waals surface area (Å²) in [5.74, 6) is -0.655. The van der Waals surface area contributed by atoms with Crippen LogP contribution >= 0.6 is 11.6 Å². The number of amides is 4. The van der Waals surface area contributed by atoms with Gasteiger partial charge in [-0.2, -0.15) is 0 Å². The third-order valence-corrected chi connectivity index (χ3v) is 6.88. The number of imide groups is 2. The Labute approximate surface area is 231 Å². The molecule has 1 fully saturated rings. The zero-order valence-electron chi connectivity index (χ0n) is 21.9. The molecule has 2 heterocycles. The number of aromatic nitrogens is 1. The largest absolute Gasteiger partial charge is 0.492 e. The fraction of sp³-hybridized carbons (Fsp3) is 0.194. The lowest BCUT2D eigenvalue weighted by Crippen LogP contribution is -2.54. The van der Waals surface area contributed by atoms with Crippen molar-refractivity contribution >= 4 is 52.1 Å². The van der Waals surface area contributed by atoms with E-state index >= 15 is 0 Å². The van der Waals surface area contributed by atoms with Gasteiger partial charge in [-0.05, 0) is 59.5 Å². The van der Waals surface area contributed by atoms with Gasteiger partial charge in [0.2, 0.25) is 0 Å². The summed E-state index contributed by atoms with van der Waals surface area (Å²) in [4.78, 5) is 39.5. The second kappa shape index (κ2) is 10.4. The lowest BCUT2D eigenvalue weighted by atomic mass is 9.87. The number of ether oxygens (including phenoxy) is 1. The van der Waals surface area contributed by atoms with Crippen LogP contribution < -0.4 is 15.0 Å². The first kappa shape index (κ1) is 26.3. The van der Waals surface area contributed by atoms with Crippen molar-refractivity contribution in [3.63, 3.8) is 0 Å². The van der Waals surface area contributed by atoms with Gasteiger partial charge in [-0.1, -0.05) is 62.7 Å². The Morgan fingerprint density at radius 2 is 1.62 bits per heavy atom. The van der Waals surface area contributed by atoms with Crippen LogP contribution in [-0.2, 0) is 21.5 Å². The standard InChI is InChI=1S/C31H28ClN3O4/c1-31(2,3)21-8-14-24(15-9-21)39-17-16-34-19-20(25-6-4-5-7-27(25)34)18-26-28(36)33-30(38)35(29(26)37)23-12-10-22(32)11-13-23/h4-15,18-19H,16-17H2,1-3H3,(H,33,36,38)/b26-18-. The van der Waals surface area contributed by atoms with Gasteiger partial charge < -0.3 is 9.30 Å². The number of rotatable bonds is 6. The molecule has 3 aromatic carbocycles. The minimum absolute atomic E-state index is 0.0727. The van der Waals surface area contributed by atoms with Crippen LogP contribution in [-0.4, -0.2) is 29.0 Å². The summed E-state index contributed by atoms with van der Waals surface area (Å²) in [6.07, 6.45) is 3.41. The molecule has 1 aromatic heterocycles. The fourth-order valence-electron chi connectivity index (χ4n) is 4.53. The molecule has 198 valence electrons. The number of carbonyl (C=O) groups is 3. The van der Waals surface area contributed by atoms with Crippen molar-refractivity contribution in [2.45, 2.75) is 32.7 Å². The molecule has 0 aliphatic carbocycles. The molecule has 0 bridgehead atoms. The molecule has 0 unspecified atom stereocenters. The summed E-state index contributed by atoms with van der Waals surface area (Å²) in [5.41, 5.74) is 3.11. The predicted molar refractivity (Wildman–Crippen MR) is 153 cm³/mol. The van der Waals surface area contributed by atoms with E-state index in [1.807, 2.05) is 47.2 Å². The van der Waals surface area contributed by atoms with E-state index in [4.69, 9.17) is 16.3 Å². The second-order valence-electron chi connectivity index (χ2n) is 10.4. The molecule has 0 radical (unpaired) electrons. The highest BCUT2D eigenvalue weighted by atomic mass is 35.5. The average molecular weight is 542 g/mol. The number of hydrogen-bond donors (Lipinski definition) is 1. The third-order valence-electron chi connectivity index (χ3n) is 6.63. The molecule has 0 spiro atoms. The maximum Gasteiger partial charge on any atom is 0.335 e. The number of para-hydroxylation sites is 1. The smallest absolute Gasteiger partial charge is 0.335 e. The van der Waals surface area contributed by atoms with Crippen molar-refractivity contribution in [3.8, 4) is 5.75 Å². The van der Waals surface area contributed by atoms with E-state index < -0.39 is 17.8 Å². The summed E-state index contributed by atoms with van der Waals surface area (Å²) < 4.78 is 8.02. The highest BCUT2D eigenvalue weighted by Crippen LogP contribution is 2.28. The number of carbonyl (C=O) groups excluding carboxylic acids is 3. The Kier molecular flexibility index (Phi) is 7.02. The second-order valence-corrected chi connectivity index (χ2v) is 10.8. The molecule has 0 saturated carbocycles. The number of barbiturate groups is 1. The summed E-state index contributed by atoms with van der Waals surface area (Å²) >= 11 is 5.95. The van der Waals surface area contributed by atoms with E-state index in [9.17, 15) is 14.4 Å².